The minimum absolute atomic E-state index is 0.156. The first-order chi connectivity index (χ1) is 8.74. The zero-order valence-electron chi connectivity index (χ0n) is 10.5. The summed E-state index contributed by atoms with van der Waals surface area (Å²) in [5, 5.41) is 0. The van der Waals surface area contributed by atoms with E-state index in [0.717, 1.165) is 10.0 Å². The van der Waals surface area contributed by atoms with Crippen molar-refractivity contribution in [1.29, 1.82) is 0 Å². The predicted octanol–water partition coefficient (Wildman–Crippen LogP) is 5.17. The molecule has 1 saturated heterocycles. The first kappa shape index (κ1) is 14.4. The average Bonchev–Trinajstić information content (AvgIpc) is 2.85. The molecule has 0 amide bonds. The van der Waals surface area contributed by atoms with E-state index in [2.05, 4.69) is 59.0 Å². The van der Waals surface area contributed by atoms with Crippen molar-refractivity contribution in [1.82, 2.24) is 0 Å². The van der Waals surface area contributed by atoms with Crippen LogP contribution in [0.5, 0.6) is 0 Å². The Balaban J connectivity index is 2.11. The Hall–Kier alpha value is -0.0400. The molecule has 0 unspecified atom stereocenters. The van der Waals surface area contributed by atoms with E-state index in [1.165, 1.54) is 30.8 Å². The number of hydrogen-bond acceptors (Lipinski definition) is 2. The van der Waals surface area contributed by atoms with Crippen molar-refractivity contribution in [2.75, 3.05) is 11.5 Å². The smallest absolute Gasteiger partial charge is 0.122 e. The van der Waals surface area contributed by atoms with Gasteiger partial charge in [-0.1, -0.05) is 47.5 Å². The molecular weight excluding hydrogens is 324 g/mol. The zero-order valence-corrected chi connectivity index (χ0v) is 13.8. The quantitative estimate of drug-likeness (QED) is 0.696. The molecule has 0 radical (unpaired) electrons. The lowest BCUT2D eigenvalue weighted by Crippen LogP contribution is -2.13. The van der Waals surface area contributed by atoms with Crippen molar-refractivity contribution in [2.24, 2.45) is 0 Å². The third-order valence-electron chi connectivity index (χ3n) is 2.85. The molecule has 2 rings (SSSR count). The van der Waals surface area contributed by atoms with Gasteiger partial charge in [0.2, 0.25) is 0 Å². The number of unbranched alkanes of at least 4 members (excludes halogenated alkanes) is 1. The molecule has 1 heterocycles. The zero-order chi connectivity index (χ0) is 12.8. The van der Waals surface area contributed by atoms with E-state index in [1.54, 1.807) is 0 Å². The largest absolute Gasteiger partial charge is 0.131 e. The topological polar surface area (TPSA) is 0 Å². The van der Waals surface area contributed by atoms with Gasteiger partial charge in [-0.2, -0.15) is 0 Å². The van der Waals surface area contributed by atoms with E-state index in [9.17, 15) is 0 Å². The van der Waals surface area contributed by atoms with Crippen LogP contribution in [0.2, 0.25) is 0 Å². The maximum Gasteiger partial charge on any atom is 0.122 e. The normalized spacial score (nSPS) is 17.2. The molecule has 1 aliphatic rings. The highest BCUT2D eigenvalue weighted by atomic mass is 79.9. The number of rotatable bonds is 3. The van der Waals surface area contributed by atoms with Crippen molar-refractivity contribution in [3.05, 3.63) is 34.3 Å². The lowest BCUT2D eigenvalue weighted by molar-refractivity contribution is 0.726. The van der Waals surface area contributed by atoms with E-state index < -0.39 is 0 Å². The van der Waals surface area contributed by atoms with Gasteiger partial charge in [0.1, 0.15) is 4.08 Å². The van der Waals surface area contributed by atoms with Gasteiger partial charge >= 0.3 is 0 Å². The van der Waals surface area contributed by atoms with Gasteiger partial charge in [-0.05, 0) is 30.7 Å². The number of thioether (sulfide) groups is 2. The second-order valence-electron chi connectivity index (χ2n) is 4.31. The molecule has 0 nitrogen and oxygen atoms in total. The van der Waals surface area contributed by atoms with E-state index >= 15 is 0 Å². The molecule has 1 aliphatic heterocycles. The molecule has 0 aromatic heterocycles. The number of benzene rings is 1. The Morgan fingerprint density at radius 3 is 2.50 bits per heavy atom. The second kappa shape index (κ2) is 6.93. The third-order valence-corrected chi connectivity index (χ3v) is 6.71. The summed E-state index contributed by atoms with van der Waals surface area (Å²) >= 11 is 7.52. The Bertz CT molecular complexity index is 436. The highest BCUT2D eigenvalue weighted by molar-refractivity contribution is 9.10. The summed E-state index contributed by atoms with van der Waals surface area (Å²) in [6.45, 7) is 2.25. The predicted molar refractivity (Wildman–Crippen MR) is 88.2 cm³/mol. The molecule has 0 N–H and O–H groups in total. The fraction of sp³-hybridized carbons (Fsp3) is 0.467. The Labute approximate surface area is 127 Å². The second-order valence-corrected chi connectivity index (χ2v) is 8.27. The van der Waals surface area contributed by atoms with Crippen molar-refractivity contribution in [3.63, 3.8) is 0 Å². The van der Waals surface area contributed by atoms with Gasteiger partial charge in [0, 0.05) is 21.5 Å². The van der Waals surface area contributed by atoms with Crippen LogP contribution in [0.3, 0.4) is 0 Å². The molecule has 0 aliphatic carbocycles. The standard InChI is InChI=1S/C15H17BrS2/c1-2-3-9-15(17-11-12-18-15)10-8-13-4-6-14(16)7-5-13/h4-7H,2-3,9,11-12H2,1H3. The van der Waals surface area contributed by atoms with Gasteiger partial charge in [0.15, 0.2) is 0 Å². The molecule has 0 atom stereocenters. The van der Waals surface area contributed by atoms with Crippen LogP contribution < -0.4 is 0 Å². The number of halogens is 1. The highest BCUT2D eigenvalue weighted by Gasteiger charge is 2.32. The summed E-state index contributed by atoms with van der Waals surface area (Å²) in [6, 6.07) is 8.26. The van der Waals surface area contributed by atoms with Gasteiger partial charge < -0.3 is 0 Å². The van der Waals surface area contributed by atoms with Crippen molar-refractivity contribution >= 4 is 39.5 Å². The maximum atomic E-state index is 3.53. The van der Waals surface area contributed by atoms with Crippen LogP contribution in [0, 0.1) is 11.8 Å². The molecular formula is C15H17BrS2. The molecule has 1 aromatic rings. The molecule has 96 valence electrons. The van der Waals surface area contributed by atoms with Gasteiger partial charge in [-0.3, -0.25) is 0 Å². The fourth-order valence-corrected chi connectivity index (χ4v) is 5.09. The summed E-state index contributed by atoms with van der Waals surface area (Å²) in [4.78, 5) is 0. The van der Waals surface area contributed by atoms with E-state index in [-0.39, 0.29) is 4.08 Å². The molecule has 0 spiro atoms. The molecule has 1 fully saturated rings. The van der Waals surface area contributed by atoms with Crippen LogP contribution in [0.1, 0.15) is 31.7 Å². The minimum atomic E-state index is 0.156. The summed E-state index contributed by atoms with van der Waals surface area (Å²) in [6.07, 6.45) is 3.74. The van der Waals surface area contributed by atoms with Gasteiger partial charge in [0.25, 0.3) is 0 Å². The van der Waals surface area contributed by atoms with Crippen LogP contribution in [-0.4, -0.2) is 15.6 Å². The molecule has 0 saturated carbocycles. The lowest BCUT2D eigenvalue weighted by Gasteiger charge is -2.20. The Morgan fingerprint density at radius 1 is 1.22 bits per heavy atom. The fourth-order valence-electron chi connectivity index (χ4n) is 1.84. The number of hydrogen-bond donors (Lipinski definition) is 0. The summed E-state index contributed by atoms with van der Waals surface area (Å²) < 4.78 is 1.27. The van der Waals surface area contributed by atoms with Crippen LogP contribution in [0.4, 0.5) is 0 Å². The van der Waals surface area contributed by atoms with Gasteiger partial charge in [-0.15, -0.1) is 23.5 Å². The monoisotopic (exact) mass is 340 g/mol. The van der Waals surface area contributed by atoms with Crippen molar-refractivity contribution in [2.45, 2.75) is 30.3 Å². The summed E-state index contributed by atoms with van der Waals surface area (Å²) in [5.41, 5.74) is 1.11. The van der Waals surface area contributed by atoms with Crippen LogP contribution >= 0.6 is 39.5 Å². The van der Waals surface area contributed by atoms with Crippen LogP contribution in [-0.2, 0) is 0 Å². The molecule has 0 bridgehead atoms. The SMILES string of the molecule is CCCCC1(C#Cc2ccc(Br)cc2)SCCS1. The van der Waals surface area contributed by atoms with Crippen molar-refractivity contribution < 1.29 is 0 Å². The average molecular weight is 341 g/mol. The van der Waals surface area contributed by atoms with E-state index in [0.29, 0.717) is 0 Å². The molecule has 3 heteroatoms. The first-order valence-electron chi connectivity index (χ1n) is 6.31. The van der Waals surface area contributed by atoms with E-state index in [1.807, 2.05) is 23.5 Å². The Kier molecular flexibility index (Phi) is 5.54. The first-order valence-corrected chi connectivity index (χ1v) is 9.07. The molecule has 1 aromatic carbocycles. The van der Waals surface area contributed by atoms with Crippen LogP contribution in [0.25, 0.3) is 0 Å². The molecule has 18 heavy (non-hydrogen) atoms. The van der Waals surface area contributed by atoms with E-state index in [4.69, 9.17) is 0 Å². The van der Waals surface area contributed by atoms with Crippen molar-refractivity contribution in [3.8, 4) is 11.8 Å². The summed E-state index contributed by atoms with van der Waals surface area (Å²) in [5.74, 6) is 9.36. The van der Waals surface area contributed by atoms with Crippen LogP contribution in [0.15, 0.2) is 28.7 Å². The third kappa shape index (κ3) is 3.98. The highest BCUT2D eigenvalue weighted by Crippen LogP contribution is 2.46. The minimum Gasteiger partial charge on any atom is -0.131 e. The maximum absolute atomic E-state index is 3.53. The Morgan fingerprint density at radius 2 is 1.89 bits per heavy atom. The summed E-state index contributed by atoms with van der Waals surface area (Å²) in [7, 11) is 0. The lowest BCUT2D eigenvalue weighted by atomic mass is 10.1. The van der Waals surface area contributed by atoms with Gasteiger partial charge in [-0.25, -0.2) is 0 Å². The van der Waals surface area contributed by atoms with Gasteiger partial charge in [0.05, 0.1) is 0 Å².